The molecule has 0 saturated heterocycles. The number of nitrogens with zero attached hydrogens (tertiary/aromatic N) is 1. The summed E-state index contributed by atoms with van der Waals surface area (Å²) in [5.74, 6) is 0.607. The summed E-state index contributed by atoms with van der Waals surface area (Å²) in [7, 11) is -3.24. The number of ether oxygens (including phenoxy) is 1. The van der Waals surface area contributed by atoms with E-state index in [2.05, 4.69) is 55.2 Å². The van der Waals surface area contributed by atoms with Crippen molar-refractivity contribution in [1.29, 1.82) is 0 Å². The largest absolute Gasteiger partial charge is 0.495 e. The molecule has 0 saturated carbocycles. The number of aryl methyl sites for hydroxylation is 1. The van der Waals surface area contributed by atoms with Gasteiger partial charge in [0.05, 0.1) is 12.1 Å². The molecule has 1 N–H and O–H groups in total. The van der Waals surface area contributed by atoms with E-state index >= 15 is 0 Å². The van der Waals surface area contributed by atoms with E-state index in [1.165, 1.54) is 50.6 Å². The van der Waals surface area contributed by atoms with Crippen LogP contribution in [0.2, 0.25) is 5.02 Å². The topological polar surface area (TPSA) is 97.1 Å². The van der Waals surface area contributed by atoms with Gasteiger partial charge in [-0.3, -0.25) is 9.35 Å². The van der Waals surface area contributed by atoms with Gasteiger partial charge in [-0.15, -0.1) is 0 Å². The summed E-state index contributed by atoms with van der Waals surface area (Å²) in [5.41, 5.74) is 6.66. The molecular formula is C45H44ClNO6S. The Kier molecular flexibility index (Phi) is 12.1. The van der Waals surface area contributed by atoms with Crippen molar-refractivity contribution < 1.29 is 22.1 Å². The van der Waals surface area contributed by atoms with Crippen LogP contribution in [0, 0.1) is 6.92 Å². The van der Waals surface area contributed by atoms with Gasteiger partial charge in [-0.1, -0.05) is 111 Å². The Morgan fingerprint density at radius 2 is 1.31 bits per heavy atom. The van der Waals surface area contributed by atoms with Crippen LogP contribution in [0.1, 0.15) is 67.3 Å². The highest BCUT2D eigenvalue weighted by Crippen LogP contribution is 2.45. The molecule has 1 aliphatic carbocycles. The summed E-state index contributed by atoms with van der Waals surface area (Å²) in [6, 6.07) is 27.9. The van der Waals surface area contributed by atoms with Crippen molar-refractivity contribution in [2.75, 3.05) is 25.1 Å². The maximum absolute atomic E-state index is 12.9. The van der Waals surface area contributed by atoms with E-state index in [9.17, 15) is 17.8 Å². The molecule has 9 heteroatoms. The Balaban J connectivity index is 1.27. The highest BCUT2D eigenvalue weighted by Gasteiger charge is 2.25. The lowest BCUT2D eigenvalue weighted by Gasteiger charge is -2.24. The molecular weight excluding hydrogens is 718 g/mol. The van der Waals surface area contributed by atoms with Gasteiger partial charge in [-0.05, 0) is 77.9 Å². The fraction of sp³-hybridized carbons (Fsp3) is 0.222. The normalized spacial score (nSPS) is 12.0. The highest BCUT2D eigenvalue weighted by atomic mass is 35.5. The van der Waals surface area contributed by atoms with Crippen molar-refractivity contribution in [3.63, 3.8) is 0 Å². The van der Waals surface area contributed by atoms with E-state index in [0.717, 1.165) is 29.8 Å². The summed E-state index contributed by atoms with van der Waals surface area (Å²) in [6.07, 6.45) is 12.6. The Bertz CT molecular complexity index is 2460. The maximum atomic E-state index is 12.9. The van der Waals surface area contributed by atoms with Gasteiger partial charge in [0.15, 0.2) is 5.43 Å². The lowest BCUT2D eigenvalue weighted by Crippen LogP contribution is -2.25. The molecule has 7 nitrogen and oxygen atoms in total. The molecule has 1 aliphatic heterocycles. The number of hydrogen-bond acceptors (Lipinski definition) is 6. The summed E-state index contributed by atoms with van der Waals surface area (Å²) in [6.45, 7) is 8.29. The van der Waals surface area contributed by atoms with Crippen LogP contribution >= 0.6 is 11.6 Å². The van der Waals surface area contributed by atoms with Crippen LogP contribution in [0.4, 0.5) is 5.69 Å². The lowest BCUT2D eigenvalue weighted by atomic mass is 9.92. The molecule has 0 aromatic heterocycles. The fourth-order valence-corrected chi connectivity index (χ4v) is 7.48. The number of methoxy groups -OCH3 is 1. The van der Waals surface area contributed by atoms with Crippen LogP contribution in [0.15, 0.2) is 105 Å². The zero-order chi connectivity index (χ0) is 38.4. The van der Waals surface area contributed by atoms with Gasteiger partial charge in [0.2, 0.25) is 0 Å². The van der Waals surface area contributed by atoms with Crippen molar-refractivity contribution >= 4 is 62.7 Å². The zero-order valence-electron chi connectivity index (χ0n) is 30.9. The predicted molar refractivity (Wildman–Crippen MR) is 223 cm³/mol. The Labute approximate surface area is 322 Å². The van der Waals surface area contributed by atoms with Crippen molar-refractivity contribution in [3.05, 3.63) is 134 Å². The van der Waals surface area contributed by atoms with Crippen molar-refractivity contribution in [3.8, 4) is 28.2 Å². The number of halogens is 1. The molecule has 0 fully saturated rings. The second-order valence-electron chi connectivity index (χ2n) is 13.4. The second-order valence-corrected chi connectivity index (χ2v) is 15.2. The third-order valence-electron chi connectivity index (χ3n) is 9.54. The molecule has 2 aliphatic rings. The first-order valence-electron chi connectivity index (χ1n) is 18.2. The van der Waals surface area contributed by atoms with Gasteiger partial charge < -0.3 is 14.1 Å². The average Bonchev–Trinajstić information content (AvgIpc) is 3.16. The Morgan fingerprint density at radius 3 is 1.87 bits per heavy atom. The molecule has 0 bridgehead atoms. The van der Waals surface area contributed by atoms with Crippen LogP contribution in [0.5, 0.6) is 5.75 Å². The van der Waals surface area contributed by atoms with E-state index in [0.29, 0.717) is 39.0 Å². The second kappa shape index (κ2) is 16.9. The van der Waals surface area contributed by atoms with Gasteiger partial charge in [0, 0.05) is 53.0 Å². The molecule has 0 spiro atoms. The summed E-state index contributed by atoms with van der Waals surface area (Å²) < 4.78 is 47.9. The van der Waals surface area contributed by atoms with E-state index in [4.69, 9.17) is 20.8 Å². The third kappa shape index (κ3) is 8.79. The van der Waals surface area contributed by atoms with Crippen LogP contribution in [-0.4, -0.2) is 33.2 Å². The molecule has 6 rings (SSSR count). The number of unbranched alkanes of at least 4 members (excludes halogenated alkanes) is 2. The van der Waals surface area contributed by atoms with E-state index < -0.39 is 10.1 Å². The zero-order valence-corrected chi connectivity index (χ0v) is 32.5. The first kappa shape index (κ1) is 38.6. The number of benzene rings is 5. The molecule has 4 aromatic carbocycles. The minimum Gasteiger partial charge on any atom is -0.495 e. The van der Waals surface area contributed by atoms with Crippen LogP contribution in [0.3, 0.4) is 0 Å². The van der Waals surface area contributed by atoms with E-state index in [-0.39, 0.29) is 26.7 Å². The van der Waals surface area contributed by atoms with Crippen LogP contribution in [-0.2, 0) is 10.1 Å². The Morgan fingerprint density at radius 1 is 0.759 bits per heavy atom. The average molecular weight is 762 g/mol. The molecule has 4 aromatic rings. The monoisotopic (exact) mass is 761 g/mol. The number of fused-ring (bicyclic) bond motifs is 2. The smallest absolute Gasteiger partial charge is 0.295 e. The number of hydrogen-bond donors (Lipinski definition) is 1. The summed E-state index contributed by atoms with van der Waals surface area (Å²) in [5, 5.41) is 0.774. The van der Waals surface area contributed by atoms with Crippen LogP contribution in [0.25, 0.3) is 57.7 Å². The fourth-order valence-electron chi connectivity index (χ4n) is 6.50. The molecule has 54 heavy (non-hydrogen) atoms. The molecule has 0 amide bonds. The van der Waals surface area contributed by atoms with Gasteiger partial charge in [-0.2, -0.15) is 8.42 Å². The predicted octanol–water partition coefficient (Wildman–Crippen LogP) is 11.5. The SMILES string of the molecule is CCCCN(CCCC)c1ccc(/C=C/c2ccc(/C=C/c3ccc(-c4c5cc(C)c(=O)cc-5oc5cc(OC)c(Cl)cc45)c(S(=O)(=O)O)c3)cc2)cc1. The lowest BCUT2D eigenvalue weighted by molar-refractivity contribution is 0.414. The summed E-state index contributed by atoms with van der Waals surface area (Å²) >= 11 is 6.52. The van der Waals surface area contributed by atoms with Crippen molar-refractivity contribution in [2.45, 2.75) is 51.3 Å². The van der Waals surface area contributed by atoms with Crippen molar-refractivity contribution in [1.82, 2.24) is 0 Å². The minimum atomic E-state index is -4.71. The molecule has 0 atom stereocenters. The number of anilines is 1. The molecule has 278 valence electrons. The highest BCUT2D eigenvalue weighted by molar-refractivity contribution is 7.86. The maximum Gasteiger partial charge on any atom is 0.295 e. The van der Waals surface area contributed by atoms with Crippen molar-refractivity contribution in [2.24, 2.45) is 0 Å². The van der Waals surface area contributed by atoms with Gasteiger partial charge in [0.1, 0.15) is 22.0 Å². The third-order valence-corrected chi connectivity index (χ3v) is 10.7. The van der Waals surface area contributed by atoms with Gasteiger partial charge in [-0.25, -0.2) is 0 Å². The van der Waals surface area contributed by atoms with E-state index in [1.807, 2.05) is 30.3 Å². The Hall–Kier alpha value is -5.15. The van der Waals surface area contributed by atoms with E-state index in [1.54, 1.807) is 43.3 Å². The quantitative estimate of drug-likeness (QED) is 0.0670. The summed E-state index contributed by atoms with van der Waals surface area (Å²) in [4.78, 5) is 14.8. The first-order valence-corrected chi connectivity index (χ1v) is 20.0. The minimum absolute atomic E-state index is 0.228. The molecule has 0 radical (unpaired) electrons. The standard InChI is InChI=1S/C45H44ClNO6S/c1-5-7-23-47(24-8-6-2)35-20-17-33(18-21-35)14-13-31-9-11-32(12-10-31)15-16-34-19-22-36(44(26-34)54(49,50)51)45-37-25-30(3)40(48)28-41(37)53-42-29-43(52-4)39(46)27-38(42)45/h9-22,25-29H,5-8,23-24H2,1-4H3,(H,49,50,51)/b14-13+,16-15+. The molecule has 0 unspecified atom stereocenters. The number of rotatable bonds is 14. The molecule has 1 heterocycles. The van der Waals surface area contributed by atoms with Crippen LogP contribution < -0.4 is 15.1 Å². The first-order chi connectivity index (χ1) is 26.0. The van der Waals surface area contributed by atoms with Gasteiger partial charge in [0.25, 0.3) is 10.1 Å². The van der Waals surface area contributed by atoms with Gasteiger partial charge >= 0.3 is 0 Å².